The van der Waals surface area contributed by atoms with Gasteiger partial charge < -0.3 is 4.74 Å². The number of ether oxygens (including phenoxy) is 1. The van der Waals surface area contributed by atoms with E-state index in [9.17, 15) is 4.79 Å². The van der Waals surface area contributed by atoms with Gasteiger partial charge in [0.1, 0.15) is 5.38 Å². The highest BCUT2D eigenvalue weighted by Crippen LogP contribution is 2.09. The summed E-state index contributed by atoms with van der Waals surface area (Å²) in [5, 5.41) is -0.506. The lowest BCUT2D eigenvalue weighted by atomic mass is 10.2. The van der Waals surface area contributed by atoms with Crippen molar-refractivity contribution in [3.63, 3.8) is 0 Å². The van der Waals surface area contributed by atoms with Gasteiger partial charge in [0.15, 0.2) is 0 Å². The molecule has 0 amide bonds. The molecule has 0 aromatic rings. The Hall–Kier alpha value is 0.0500. The third kappa shape index (κ3) is 5.67. The predicted molar refractivity (Wildman–Crippen MR) is 50.8 cm³/mol. The SMILES string of the molecule is CCOC(=O)C(Cl)CCCCCl. The van der Waals surface area contributed by atoms with E-state index in [2.05, 4.69) is 0 Å². The molecule has 1 unspecified atom stereocenters. The van der Waals surface area contributed by atoms with Crippen molar-refractivity contribution in [1.82, 2.24) is 0 Å². The zero-order valence-electron chi connectivity index (χ0n) is 7.19. The van der Waals surface area contributed by atoms with E-state index in [0.29, 0.717) is 18.9 Å². The lowest BCUT2D eigenvalue weighted by Gasteiger charge is -2.06. The zero-order chi connectivity index (χ0) is 9.40. The number of alkyl halides is 2. The minimum atomic E-state index is -0.506. The Balaban J connectivity index is 3.42. The van der Waals surface area contributed by atoms with Crippen LogP contribution in [0.2, 0.25) is 0 Å². The normalized spacial score (nSPS) is 12.6. The Morgan fingerprint density at radius 1 is 1.50 bits per heavy atom. The summed E-state index contributed by atoms with van der Waals surface area (Å²) in [7, 11) is 0. The summed E-state index contributed by atoms with van der Waals surface area (Å²) in [4.78, 5) is 11.0. The number of unbranched alkanes of at least 4 members (excludes halogenated alkanes) is 1. The minimum Gasteiger partial charge on any atom is -0.465 e. The second kappa shape index (κ2) is 7.69. The van der Waals surface area contributed by atoms with Crippen LogP contribution in [0, 0.1) is 0 Å². The van der Waals surface area contributed by atoms with Crippen molar-refractivity contribution in [2.45, 2.75) is 31.6 Å². The molecular formula is C8H14Cl2O2. The van der Waals surface area contributed by atoms with Crippen molar-refractivity contribution in [2.75, 3.05) is 12.5 Å². The number of rotatable bonds is 6. The maximum atomic E-state index is 11.0. The fourth-order valence-corrected chi connectivity index (χ4v) is 1.17. The van der Waals surface area contributed by atoms with E-state index >= 15 is 0 Å². The average molecular weight is 213 g/mol. The number of carbonyl (C=O) groups excluding carboxylic acids is 1. The van der Waals surface area contributed by atoms with Gasteiger partial charge in [-0.3, -0.25) is 4.79 Å². The van der Waals surface area contributed by atoms with Crippen molar-refractivity contribution in [3.05, 3.63) is 0 Å². The van der Waals surface area contributed by atoms with Crippen LogP contribution in [0.25, 0.3) is 0 Å². The lowest BCUT2D eigenvalue weighted by Crippen LogP contribution is -2.17. The Morgan fingerprint density at radius 3 is 2.67 bits per heavy atom. The molecule has 72 valence electrons. The molecule has 0 rings (SSSR count). The molecule has 0 spiro atoms. The first kappa shape index (κ1) is 12.0. The molecule has 1 atom stereocenters. The highest BCUT2D eigenvalue weighted by molar-refractivity contribution is 6.29. The summed E-state index contributed by atoms with van der Waals surface area (Å²) < 4.78 is 4.73. The third-order valence-corrected chi connectivity index (χ3v) is 2.05. The molecule has 0 aromatic carbocycles. The van der Waals surface area contributed by atoms with Gasteiger partial charge in [-0.1, -0.05) is 6.42 Å². The van der Waals surface area contributed by atoms with E-state index in [1.54, 1.807) is 6.92 Å². The molecule has 0 saturated heterocycles. The first-order chi connectivity index (χ1) is 5.72. The van der Waals surface area contributed by atoms with Crippen LogP contribution >= 0.6 is 23.2 Å². The third-order valence-electron chi connectivity index (χ3n) is 1.38. The highest BCUT2D eigenvalue weighted by Gasteiger charge is 2.14. The van der Waals surface area contributed by atoms with E-state index in [0.717, 1.165) is 12.8 Å². The molecule has 0 aliphatic rings. The average Bonchev–Trinajstić information content (AvgIpc) is 2.05. The topological polar surface area (TPSA) is 26.3 Å². The molecule has 0 heterocycles. The van der Waals surface area contributed by atoms with E-state index < -0.39 is 5.38 Å². The van der Waals surface area contributed by atoms with Crippen LogP contribution in [-0.2, 0) is 9.53 Å². The second-order valence-corrected chi connectivity index (χ2v) is 3.31. The maximum Gasteiger partial charge on any atom is 0.324 e. The Morgan fingerprint density at radius 2 is 2.17 bits per heavy atom. The number of hydrogen-bond donors (Lipinski definition) is 0. The number of esters is 1. The van der Waals surface area contributed by atoms with Crippen molar-refractivity contribution in [2.24, 2.45) is 0 Å². The summed E-state index contributed by atoms with van der Waals surface area (Å²) in [6.07, 6.45) is 2.41. The fraction of sp³-hybridized carbons (Fsp3) is 0.875. The summed E-state index contributed by atoms with van der Waals surface area (Å²) in [6.45, 7) is 2.15. The molecule has 0 aliphatic heterocycles. The monoisotopic (exact) mass is 212 g/mol. The van der Waals surface area contributed by atoms with Crippen molar-refractivity contribution in [3.8, 4) is 0 Å². The molecule has 0 fully saturated rings. The van der Waals surface area contributed by atoms with Crippen LogP contribution in [0.5, 0.6) is 0 Å². The standard InChI is InChI=1S/C8H14Cl2O2/c1-2-12-8(11)7(10)5-3-4-6-9/h7H,2-6H2,1H3. The number of carbonyl (C=O) groups is 1. The van der Waals surface area contributed by atoms with Gasteiger partial charge in [-0.05, 0) is 19.8 Å². The maximum absolute atomic E-state index is 11.0. The Kier molecular flexibility index (Phi) is 7.72. The molecular weight excluding hydrogens is 199 g/mol. The molecule has 2 nitrogen and oxygen atoms in total. The van der Waals surface area contributed by atoms with E-state index in [1.165, 1.54) is 0 Å². The van der Waals surface area contributed by atoms with Gasteiger partial charge >= 0.3 is 5.97 Å². The van der Waals surface area contributed by atoms with Gasteiger partial charge in [-0.15, -0.1) is 23.2 Å². The minimum absolute atomic E-state index is 0.325. The highest BCUT2D eigenvalue weighted by atomic mass is 35.5. The van der Waals surface area contributed by atoms with E-state index in [4.69, 9.17) is 27.9 Å². The van der Waals surface area contributed by atoms with Crippen LogP contribution in [0.1, 0.15) is 26.2 Å². The van der Waals surface area contributed by atoms with Gasteiger partial charge in [0.2, 0.25) is 0 Å². The van der Waals surface area contributed by atoms with Gasteiger partial charge in [-0.2, -0.15) is 0 Å². The van der Waals surface area contributed by atoms with Gasteiger partial charge in [0, 0.05) is 5.88 Å². The van der Waals surface area contributed by atoms with Crippen molar-refractivity contribution in [1.29, 1.82) is 0 Å². The van der Waals surface area contributed by atoms with Crippen molar-refractivity contribution < 1.29 is 9.53 Å². The Bertz CT molecular complexity index is 128. The van der Waals surface area contributed by atoms with E-state index in [1.807, 2.05) is 0 Å². The summed E-state index contributed by atoms with van der Waals surface area (Å²) in [5.74, 6) is 0.292. The summed E-state index contributed by atoms with van der Waals surface area (Å²) in [5.41, 5.74) is 0. The largest absolute Gasteiger partial charge is 0.465 e. The fourth-order valence-electron chi connectivity index (χ4n) is 0.769. The van der Waals surface area contributed by atoms with Crippen LogP contribution in [0.3, 0.4) is 0 Å². The molecule has 0 aromatic heterocycles. The first-order valence-corrected chi connectivity index (χ1v) is 5.06. The van der Waals surface area contributed by atoms with Crippen molar-refractivity contribution >= 4 is 29.2 Å². The van der Waals surface area contributed by atoms with Crippen LogP contribution < -0.4 is 0 Å². The predicted octanol–water partition coefficient (Wildman–Crippen LogP) is 2.57. The summed E-state index contributed by atoms with van der Waals surface area (Å²) in [6, 6.07) is 0. The number of hydrogen-bond acceptors (Lipinski definition) is 2. The second-order valence-electron chi connectivity index (χ2n) is 2.40. The quantitative estimate of drug-likeness (QED) is 0.385. The molecule has 4 heteroatoms. The van der Waals surface area contributed by atoms with Crippen LogP contribution in [0.4, 0.5) is 0 Å². The van der Waals surface area contributed by atoms with Crippen LogP contribution in [0.15, 0.2) is 0 Å². The zero-order valence-corrected chi connectivity index (χ0v) is 8.70. The first-order valence-electron chi connectivity index (χ1n) is 4.09. The molecule has 0 saturated carbocycles. The molecule has 0 radical (unpaired) electrons. The number of halogens is 2. The van der Waals surface area contributed by atoms with Crippen LogP contribution in [-0.4, -0.2) is 23.8 Å². The molecule has 12 heavy (non-hydrogen) atoms. The van der Waals surface area contributed by atoms with Gasteiger partial charge in [0.05, 0.1) is 6.61 Å². The Labute approximate surface area is 83.2 Å². The lowest BCUT2D eigenvalue weighted by molar-refractivity contribution is -0.142. The molecule has 0 N–H and O–H groups in total. The molecule has 0 aliphatic carbocycles. The summed E-state index contributed by atoms with van der Waals surface area (Å²) >= 11 is 11.2. The van der Waals surface area contributed by atoms with E-state index in [-0.39, 0.29) is 5.97 Å². The molecule has 0 bridgehead atoms. The van der Waals surface area contributed by atoms with Gasteiger partial charge in [0.25, 0.3) is 0 Å². The van der Waals surface area contributed by atoms with Gasteiger partial charge in [-0.25, -0.2) is 0 Å². The smallest absolute Gasteiger partial charge is 0.324 e.